The molecule has 0 spiro atoms. The molecule has 4 fully saturated rings. The Labute approximate surface area is 177 Å². The summed E-state index contributed by atoms with van der Waals surface area (Å²) in [6.07, 6.45) is 6.03. The summed E-state index contributed by atoms with van der Waals surface area (Å²) >= 11 is 0. The van der Waals surface area contributed by atoms with Crippen LogP contribution in [0.2, 0.25) is 0 Å². The number of anilines is 2. The van der Waals surface area contributed by atoms with E-state index >= 15 is 0 Å². The molecule has 4 aliphatic rings. The third-order valence-electron chi connectivity index (χ3n) is 6.91. The van der Waals surface area contributed by atoms with Gasteiger partial charge in [0, 0.05) is 55.8 Å². The van der Waals surface area contributed by atoms with E-state index in [2.05, 4.69) is 31.9 Å². The van der Waals surface area contributed by atoms with Crippen molar-refractivity contribution < 1.29 is 13.5 Å². The Morgan fingerprint density at radius 2 is 1.97 bits per heavy atom. The molecule has 7 heterocycles. The number of nitrogens with zero attached hydrogens (tertiary/aromatic N) is 4. The highest BCUT2D eigenvalue weighted by Gasteiger charge is 2.39. The van der Waals surface area contributed by atoms with Crippen molar-refractivity contribution in [2.75, 3.05) is 36.0 Å². The third-order valence-corrected chi connectivity index (χ3v) is 6.91. The lowest BCUT2D eigenvalue weighted by Crippen LogP contribution is -2.57. The molecular weight excluding hydrogens is 397 g/mol. The van der Waals surface area contributed by atoms with Gasteiger partial charge in [-0.1, -0.05) is 0 Å². The molecule has 2 bridgehead atoms. The molecular formula is C23H22FN5O2. The third kappa shape index (κ3) is 2.81. The van der Waals surface area contributed by atoms with E-state index in [-0.39, 0.29) is 5.82 Å². The Kier molecular flexibility index (Phi) is 3.64. The van der Waals surface area contributed by atoms with Gasteiger partial charge < -0.3 is 23.9 Å². The van der Waals surface area contributed by atoms with Gasteiger partial charge in [-0.3, -0.25) is 0 Å². The first kappa shape index (κ1) is 17.5. The highest BCUT2D eigenvalue weighted by molar-refractivity contribution is 5.81. The Hall–Kier alpha value is -3.13. The summed E-state index contributed by atoms with van der Waals surface area (Å²) in [5.74, 6) is 0.0362. The smallest absolute Gasteiger partial charge is 0.298 e. The van der Waals surface area contributed by atoms with Crippen LogP contribution in [-0.4, -0.2) is 53.3 Å². The summed E-state index contributed by atoms with van der Waals surface area (Å²) in [5.41, 5.74) is 4.72. The number of ether oxygens (including phenoxy) is 1. The number of morpholine rings is 1. The lowest BCUT2D eigenvalue weighted by atomic mass is 9.99. The molecule has 1 aromatic carbocycles. The number of aromatic nitrogens is 3. The molecule has 1 N–H and O–H groups in total. The maximum atomic E-state index is 13.7. The molecule has 3 aromatic heterocycles. The fourth-order valence-corrected chi connectivity index (χ4v) is 5.33. The number of aromatic amines is 1. The molecule has 8 heteroatoms. The standard InChI is InChI=1S/C23H22FN5O2/c24-14-5-18-19(9-26-22(18)25-8-14)13-3-4-28(10-13)15-1-2-21-20(6-15)27-23(31-21)29-11-16-7-17(12-29)30-16/h1-2,5-6,8-9,13,16-17H,3-4,7,10-12H2,(H,25,26). The Balaban J connectivity index is 1.14. The lowest BCUT2D eigenvalue weighted by Gasteiger charge is -2.46. The molecule has 4 aliphatic heterocycles. The predicted molar refractivity (Wildman–Crippen MR) is 115 cm³/mol. The number of hydrogen-bond donors (Lipinski definition) is 1. The van der Waals surface area contributed by atoms with Gasteiger partial charge in [-0.25, -0.2) is 9.37 Å². The number of pyridine rings is 1. The van der Waals surface area contributed by atoms with Crippen molar-refractivity contribution in [3.8, 4) is 0 Å². The second kappa shape index (κ2) is 6.43. The summed E-state index contributed by atoms with van der Waals surface area (Å²) in [7, 11) is 0. The fourth-order valence-electron chi connectivity index (χ4n) is 5.33. The Morgan fingerprint density at radius 1 is 1.10 bits per heavy atom. The largest absolute Gasteiger partial charge is 0.423 e. The van der Waals surface area contributed by atoms with Gasteiger partial charge in [0.1, 0.15) is 17.0 Å². The predicted octanol–water partition coefficient (Wildman–Crippen LogP) is 3.81. The number of nitrogens with one attached hydrogen (secondary N) is 1. The highest BCUT2D eigenvalue weighted by atomic mass is 19.1. The van der Waals surface area contributed by atoms with Crippen LogP contribution in [0, 0.1) is 5.82 Å². The average molecular weight is 419 g/mol. The highest BCUT2D eigenvalue weighted by Crippen LogP contribution is 2.36. The number of rotatable bonds is 3. The molecule has 8 rings (SSSR count). The van der Waals surface area contributed by atoms with Crippen molar-refractivity contribution in [1.82, 2.24) is 15.0 Å². The van der Waals surface area contributed by atoms with Gasteiger partial charge in [0.2, 0.25) is 0 Å². The van der Waals surface area contributed by atoms with Crippen LogP contribution < -0.4 is 9.80 Å². The maximum Gasteiger partial charge on any atom is 0.298 e. The molecule has 7 nitrogen and oxygen atoms in total. The summed E-state index contributed by atoms with van der Waals surface area (Å²) in [4.78, 5) is 16.7. The van der Waals surface area contributed by atoms with Crippen LogP contribution in [-0.2, 0) is 4.74 Å². The van der Waals surface area contributed by atoms with Gasteiger partial charge in [-0.05, 0) is 36.2 Å². The fraction of sp³-hybridized carbons (Fsp3) is 0.391. The van der Waals surface area contributed by atoms with Crippen LogP contribution in [0.1, 0.15) is 24.3 Å². The first-order valence-electron chi connectivity index (χ1n) is 10.9. The Bertz CT molecular complexity index is 1280. The van der Waals surface area contributed by atoms with Crippen LogP contribution >= 0.6 is 0 Å². The van der Waals surface area contributed by atoms with Gasteiger partial charge in [0.15, 0.2) is 5.58 Å². The first-order valence-corrected chi connectivity index (χ1v) is 10.9. The quantitative estimate of drug-likeness (QED) is 0.545. The number of H-pyrrole nitrogens is 1. The van der Waals surface area contributed by atoms with Gasteiger partial charge in [0.25, 0.3) is 6.01 Å². The molecule has 31 heavy (non-hydrogen) atoms. The normalized spacial score (nSPS) is 25.5. The van der Waals surface area contributed by atoms with E-state index in [0.717, 1.165) is 72.4 Å². The van der Waals surface area contributed by atoms with E-state index in [0.29, 0.717) is 24.1 Å². The van der Waals surface area contributed by atoms with Crippen molar-refractivity contribution in [2.45, 2.75) is 31.0 Å². The zero-order valence-electron chi connectivity index (χ0n) is 16.9. The van der Waals surface area contributed by atoms with E-state index < -0.39 is 0 Å². The monoisotopic (exact) mass is 419 g/mol. The van der Waals surface area contributed by atoms with Crippen molar-refractivity contribution in [3.63, 3.8) is 0 Å². The lowest BCUT2D eigenvalue weighted by molar-refractivity contribution is -0.134. The zero-order valence-corrected chi connectivity index (χ0v) is 16.9. The number of benzene rings is 1. The summed E-state index contributed by atoms with van der Waals surface area (Å²) in [5, 5.41) is 0.881. The number of oxazole rings is 1. The molecule has 0 saturated carbocycles. The summed E-state index contributed by atoms with van der Waals surface area (Å²) < 4.78 is 25.5. The van der Waals surface area contributed by atoms with Crippen LogP contribution in [0.15, 0.2) is 41.1 Å². The Morgan fingerprint density at radius 3 is 2.84 bits per heavy atom. The molecule has 4 aromatic rings. The molecule has 0 radical (unpaired) electrons. The minimum atomic E-state index is -0.298. The second-order valence-electron chi connectivity index (χ2n) is 8.89. The number of halogens is 1. The minimum absolute atomic E-state index is 0.298. The van der Waals surface area contributed by atoms with E-state index in [4.69, 9.17) is 14.1 Å². The first-order chi connectivity index (χ1) is 15.2. The van der Waals surface area contributed by atoms with Gasteiger partial charge in [-0.2, -0.15) is 4.98 Å². The topological polar surface area (TPSA) is 70.4 Å². The zero-order chi connectivity index (χ0) is 20.5. The second-order valence-corrected chi connectivity index (χ2v) is 8.89. The summed E-state index contributed by atoms with van der Waals surface area (Å²) in [6, 6.07) is 8.50. The van der Waals surface area contributed by atoms with Gasteiger partial charge in [-0.15, -0.1) is 0 Å². The van der Waals surface area contributed by atoms with Gasteiger partial charge >= 0.3 is 0 Å². The van der Waals surface area contributed by atoms with E-state index in [9.17, 15) is 4.39 Å². The minimum Gasteiger partial charge on any atom is -0.423 e. The molecule has 3 unspecified atom stereocenters. The molecule has 4 saturated heterocycles. The van der Waals surface area contributed by atoms with E-state index in [1.54, 1.807) is 6.07 Å². The number of fused-ring (bicyclic) bond motifs is 4. The molecule has 0 amide bonds. The number of hydrogen-bond acceptors (Lipinski definition) is 6. The van der Waals surface area contributed by atoms with Gasteiger partial charge in [0.05, 0.1) is 18.4 Å². The molecule has 0 aliphatic carbocycles. The van der Waals surface area contributed by atoms with Crippen LogP contribution in [0.3, 0.4) is 0 Å². The van der Waals surface area contributed by atoms with Crippen molar-refractivity contribution in [3.05, 3.63) is 48.0 Å². The maximum absolute atomic E-state index is 13.7. The van der Waals surface area contributed by atoms with E-state index in [1.807, 2.05) is 12.3 Å². The number of piperidine rings is 1. The SMILES string of the molecule is Fc1cnc2[nH]cc(C3CCN(c4ccc5oc(N6CC7CC(C6)O7)nc5c4)C3)c2c1. The average Bonchev–Trinajstić information content (AvgIpc) is 3.50. The summed E-state index contributed by atoms with van der Waals surface area (Å²) in [6.45, 7) is 3.53. The van der Waals surface area contributed by atoms with Crippen LogP contribution in [0.25, 0.3) is 22.1 Å². The molecule has 158 valence electrons. The van der Waals surface area contributed by atoms with Crippen LogP contribution in [0.4, 0.5) is 16.1 Å². The van der Waals surface area contributed by atoms with Crippen LogP contribution in [0.5, 0.6) is 0 Å². The van der Waals surface area contributed by atoms with E-state index in [1.165, 1.54) is 6.20 Å². The molecule has 3 atom stereocenters. The van der Waals surface area contributed by atoms with Crippen molar-refractivity contribution >= 4 is 33.8 Å². The van der Waals surface area contributed by atoms with Crippen molar-refractivity contribution in [1.29, 1.82) is 0 Å². The van der Waals surface area contributed by atoms with Crippen molar-refractivity contribution in [2.24, 2.45) is 0 Å².